The molecular weight excluding hydrogens is 392 g/mol. The van der Waals surface area contributed by atoms with Crippen LogP contribution < -0.4 is 9.47 Å². The molecule has 0 saturated heterocycles. The van der Waals surface area contributed by atoms with E-state index in [2.05, 4.69) is 5.10 Å². The molecule has 2 aliphatic rings. The predicted molar refractivity (Wildman–Crippen MR) is 107 cm³/mol. The van der Waals surface area contributed by atoms with E-state index in [9.17, 15) is 4.79 Å². The fourth-order valence-corrected chi connectivity index (χ4v) is 3.65. The van der Waals surface area contributed by atoms with Gasteiger partial charge in [0.25, 0.3) is 0 Å². The zero-order valence-corrected chi connectivity index (χ0v) is 16.4. The Labute approximate surface area is 173 Å². The smallest absolute Gasteiger partial charge is 0.357 e. The number of rotatable bonds is 5. The first kappa shape index (κ1) is 18.1. The van der Waals surface area contributed by atoms with Gasteiger partial charge in [-0.05, 0) is 48.7 Å². The summed E-state index contributed by atoms with van der Waals surface area (Å²) in [7, 11) is 0. The predicted octanol–water partition coefficient (Wildman–Crippen LogP) is 4.53. The number of para-hydroxylation sites is 1. The van der Waals surface area contributed by atoms with Gasteiger partial charge in [0.2, 0.25) is 0 Å². The van der Waals surface area contributed by atoms with Gasteiger partial charge in [-0.3, -0.25) is 0 Å². The Morgan fingerprint density at radius 3 is 2.72 bits per heavy atom. The van der Waals surface area contributed by atoms with Crippen molar-refractivity contribution in [2.75, 3.05) is 13.2 Å². The van der Waals surface area contributed by atoms with E-state index in [4.69, 9.17) is 25.8 Å². The molecule has 1 aliphatic carbocycles. The number of fused-ring (bicyclic) bond motifs is 1. The van der Waals surface area contributed by atoms with E-state index < -0.39 is 5.97 Å². The number of hydrogen-bond donors (Lipinski definition) is 0. The number of ether oxygens (including phenoxy) is 3. The second-order valence-electron chi connectivity index (χ2n) is 7.15. The number of nitrogens with zero attached hydrogens (tertiary/aromatic N) is 2. The van der Waals surface area contributed by atoms with Crippen LogP contribution in [0.2, 0.25) is 5.02 Å². The molecule has 2 heterocycles. The van der Waals surface area contributed by atoms with Gasteiger partial charge in [-0.25, -0.2) is 9.48 Å². The summed E-state index contributed by atoms with van der Waals surface area (Å²) in [6, 6.07) is 15.0. The molecule has 0 atom stereocenters. The van der Waals surface area contributed by atoms with Crippen LogP contribution in [-0.4, -0.2) is 29.0 Å². The van der Waals surface area contributed by atoms with E-state index >= 15 is 0 Å². The van der Waals surface area contributed by atoms with Gasteiger partial charge in [0.05, 0.1) is 16.4 Å². The molecule has 3 aromatic rings. The van der Waals surface area contributed by atoms with Gasteiger partial charge in [-0.1, -0.05) is 29.8 Å². The lowest BCUT2D eigenvalue weighted by Crippen LogP contribution is -2.16. The number of benzene rings is 2. The zero-order chi connectivity index (χ0) is 19.8. The molecule has 1 aromatic heterocycles. The fraction of sp³-hybridized carbons (Fsp3) is 0.273. The first-order chi connectivity index (χ1) is 14.2. The van der Waals surface area contributed by atoms with E-state index in [1.807, 2.05) is 36.4 Å². The summed E-state index contributed by atoms with van der Waals surface area (Å²) < 4.78 is 18.4. The maximum atomic E-state index is 12.9. The summed E-state index contributed by atoms with van der Waals surface area (Å²) in [5.41, 5.74) is 2.92. The van der Waals surface area contributed by atoms with Crippen LogP contribution in [0.4, 0.5) is 0 Å². The van der Waals surface area contributed by atoms with E-state index in [-0.39, 0.29) is 6.61 Å². The van der Waals surface area contributed by atoms with Crippen LogP contribution in [0.25, 0.3) is 5.69 Å². The first-order valence-electron chi connectivity index (χ1n) is 9.59. The second-order valence-corrected chi connectivity index (χ2v) is 7.56. The third kappa shape index (κ3) is 3.68. The molecule has 0 radical (unpaired) electrons. The number of halogens is 1. The number of aromatic nitrogens is 2. The minimum atomic E-state index is -0.431. The molecule has 0 N–H and O–H groups in total. The Hall–Kier alpha value is -2.99. The summed E-state index contributed by atoms with van der Waals surface area (Å²) >= 11 is 6.27. The van der Waals surface area contributed by atoms with Crippen molar-refractivity contribution in [3.8, 4) is 17.2 Å². The molecule has 1 fully saturated rings. The highest BCUT2D eigenvalue weighted by molar-refractivity contribution is 6.32. The SMILES string of the molecule is O=C(OCc1cc(Cl)c2c(c1)OCCO2)c1cc(C2CC2)nn1-c1ccccc1. The van der Waals surface area contributed by atoms with Crippen molar-refractivity contribution in [3.05, 3.63) is 70.5 Å². The van der Waals surface area contributed by atoms with Gasteiger partial charge in [-0.2, -0.15) is 5.10 Å². The Bertz CT molecular complexity index is 1060. The van der Waals surface area contributed by atoms with Crippen LogP contribution in [0.1, 0.15) is 40.5 Å². The Morgan fingerprint density at radius 1 is 1.14 bits per heavy atom. The van der Waals surface area contributed by atoms with Gasteiger partial charge in [-0.15, -0.1) is 0 Å². The van der Waals surface area contributed by atoms with Crippen LogP contribution in [0.15, 0.2) is 48.5 Å². The summed E-state index contributed by atoms with van der Waals surface area (Å²) in [6.45, 7) is 1.01. The first-order valence-corrected chi connectivity index (χ1v) is 9.97. The van der Waals surface area contributed by atoms with Crippen molar-refractivity contribution in [1.29, 1.82) is 0 Å². The van der Waals surface area contributed by atoms with Crippen LogP contribution in [-0.2, 0) is 11.3 Å². The average molecular weight is 411 g/mol. The van der Waals surface area contributed by atoms with Gasteiger partial charge in [0.15, 0.2) is 17.2 Å². The highest BCUT2D eigenvalue weighted by atomic mass is 35.5. The summed E-state index contributed by atoms with van der Waals surface area (Å²) in [5.74, 6) is 1.10. The molecule has 2 aromatic carbocycles. The van der Waals surface area contributed by atoms with E-state index in [1.165, 1.54) is 0 Å². The van der Waals surface area contributed by atoms with Crippen molar-refractivity contribution >= 4 is 17.6 Å². The zero-order valence-electron chi connectivity index (χ0n) is 15.6. The topological polar surface area (TPSA) is 62.6 Å². The van der Waals surface area contributed by atoms with E-state index in [1.54, 1.807) is 16.8 Å². The summed E-state index contributed by atoms with van der Waals surface area (Å²) in [6.07, 6.45) is 2.21. The van der Waals surface area contributed by atoms with Gasteiger partial charge < -0.3 is 14.2 Å². The molecule has 5 rings (SSSR count). The normalized spacial score (nSPS) is 15.2. The fourth-order valence-electron chi connectivity index (χ4n) is 3.36. The third-order valence-corrected chi connectivity index (χ3v) is 5.24. The maximum Gasteiger partial charge on any atom is 0.357 e. The molecular formula is C22H19ClN2O4. The van der Waals surface area contributed by atoms with Gasteiger partial charge in [0, 0.05) is 5.92 Å². The summed E-state index contributed by atoms with van der Waals surface area (Å²) in [5, 5.41) is 5.09. The lowest BCUT2D eigenvalue weighted by atomic mass is 10.2. The molecule has 29 heavy (non-hydrogen) atoms. The molecule has 6 nitrogen and oxygen atoms in total. The van der Waals surface area contributed by atoms with Crippen LogP contribution in [0.5, 0.6) is 11.5 Å². The number of hydrogen-bond acceptors (Lipinski definition) is 5. The quantitative estimate of drug-likeness (QED) is 0.578. The van der Waals surface area contributed by atoms with Gasteiger partial charge >= 0.3 is 5.97 Å². The van der Waals surface area contributed by atoms with Crippen molar-refractivity contribution in [1.82, 2.24) is 9.78 Å². The third-order valence-electron chi connectivity index (χ3n) is 4.96. The monoisotopic (exact) mass is 410 g/mol. The molecule has 148 valence electrons. The van der Waals surface area contributed by atoms with Crippen LogP contribution >= 0.6 is 11.6 Å². The minimum Gasteiger partial charge on any atom is -0.486 e. The molecule has 7 heteroatoms. The Morgan fingerprint density at radius 2 is 1.93 bits per heavy atom. The molecule has 0 bridgehead atoms. The molecule has 1 aliphatic heterocycles. The van der Waals surface area contributed by atoms with Crippen molar-refractivity contribution in [3.63, 3.8) is 0 Å². The van der Waals surface area contributed by atoms with Crippen molar-refractivity contribution in [2.24, 2.45) is 0 Å². The average Bonchev–Trinajstić information content (AvgIpc) is 3.51. The van der Waals surface area contributed by atoms with Gasteiger partial charge in [0.1, 0.15) is 19.8 Å². The number of carbonyl (C=O) groups excluding carboxylic acids is 1. The Balaban J connectivity index is 1.38. The summed E-state index contributed by atoms with van der Waals surface area (Å²) in [4.78, 5) is 12.9. The van der Waals surface area contributed by atoms with Crippen molar-refractivity contribution < 1.29 is 19.0 Å². The lowest BCUT2D eigenvalue weighted by molar-refractivity contribution is 0.0461. The second kappa shape index (κ2) is 7.44. The molecule has 0 unspecified atom stereocenters. The molecule has 0 amide bonds. The van der Waals surface area contributed by atoms with Crippen LogP contribution in [0.3, 0.4) is 0 Å². The number of carbonyl (C=O) groups is 1. The highest BCUT2D eigenvalue weighted by Crippen LogP contribution is 2.40. The Kier molecular flexibility index (Phi) is 4.64. The molecule has 0 spiro atoms. The van der Waals surface area contributed by atoms with E-state index in [0.29, 0.717) is 41.3 Å². The minimum absolute atomic E-state index is 0.0773. The maximum absolute atomic E-state index is 12.9. The lowest BCUT2D eigenvalue weighted by Gasteiger charge is -2.20. The van der Waals surface area contributed by atoms with E-state index in [0.717, 1.165) is 29.8 Å². The number of esters is 1. The highest BCUT2D eigenvalue weighted by Gasteiger charge is 2.29. The molecule has 1 saturated carbocycles. The standard InChI is InChI=1S/C22H19ClN2O4/c23-17-10-14(11-20-21(17)28-9-8-27-20)13-29-22(26)19-12-18(15-6-7-15)24-25(19)16-4-2-1-3-5-16/h1-5,10-12,15H,6-9,13H2. The largest absolute Gasteiger partial charge is 0.486 e. The van der Waals surface area contributed by atoms with Crippen LogP contribution in [0, 0.1) is 0 Å². The van der Waals surface area contributed by atoms with Crippen molar-refractivity contribution in [2.45, 2.75) is 25.4 Å².